The molecule has 0 saturated carbocycles. The molecule has 2 N–H and O–H groups in total. The highest BCUT2D eigenvalue weighted by molar-refractivity contribution is 7.10. The summed E-state index contributed by atoms with van der Waals surface area (Å²) in [7, 11) is 2.13. The molecule has 0 saturated heterocycles. The van der Waals surface area contributed by atoms with E-state index in [0.29, 0.717) is 12.6 Å². The van der Waals surface area contributed by atoms with Gasteiger partial charge in [0.2, 0.25) is 0 Å². The van der Waals surface area contributed by atoms with E-state index in [1.54, 1.807) is 11.3 Å². The Morgan fingerprint density at radius 1 is 1.33 bits per heavy atom. The van der Waals surface area contributed by atoms with Crippen LogP contribution in [0.4, 0.5) is 5.69 Å². The van der Waals surface area contributed by atoms with E-state index in [1.807, 2.05) is 0 Å². The third-order valence-electron chi connectivity index (χ3n) is 3.37. The third-order valence-corrected chi connectivity index (χ3v) is 4.41. The fourth-order valence-corrected chi connectivity index (χ4v) is 2.98. The lowest BCUT2D eigenvalue weighted by molar-refractivity contribution is 0.748. The minimum atomic E-state index is 0.373. The van der Waals surface area contributed by atoms with Crippen LogP contribution in [0.2, 0.25) is 0 Å². The molecule has 2 rings (SSSR count). The van der Waals surface area contributed by atoms with Crippen molar-refractivity contribution >= 4 is 17.0 Å². The van der Waals surface area contributed by atoms with Gasteiger partial charge < -0.3 is 10.6 Å². The first-order valence-corrected chi connectivity index (χ1v) is 7.07. The fraction of sp³-hybridized carbons (Fsp3) is 0.333. The maximum atomic E-state index is 5.85. The van der Waals surface area contributed by atoms with Crippen molar-refractivity contribution in [1.29, 1.82) is 0 Å². The van der Waals surface area contributed by atoms with Gasteiger partial charge in [-0.25, -0.2) is 0 Å². The zero-order valence-electron chi connectivity index (χ0n) is 11.2. The second-order valence-electron chi connectivity index (χ2n) is 4.64. The third kappa shape index (κ3) is 2.57. The Hall–Kier alpha value is -1.32. The van der Waals surface area contributed by atoms with Crippen LogP contribution in [0.25, 0.3) is 0 Å². The minimum absolute atomic E-state index is 0.373. The van der Waals surface area contributed by atoms with E-state index in [4.69, 9.17) is 5.73 Å². The molecule has 0 aliphatic heterocycles. The standard InChI is InChI=1S/C15H20N2S/c1-11-6-7-14(13(9-11)10-16)17(3)12(2)15-5-4-8-18-15/h4-9,12H,10,16H2,1-3H3. The predicted molar refractivity (Wildman–Crippen MR) is 80.2 cm³/mol. The normalized spacial score (nSPS) is 12.4. The highest BCUT2D eigenvalue weighted by Gasteiger charge is 2.15. The lowest BCUT2D eigenvalue weighted by Crippen LogP contribution is -2.22. The van der Waals surface area contributed by atoms with Crippen molar-refractivity contribution in [3.8, 4) is 0 Å². The molecule has 1 atom stereocenters. The predicted octanol–water partition coefficient (Wildman–Crippen LogP) is 3.71. The van der Waals surface area contributed by atoms with Gasteiger partial charge in [-0.1, -0.05) is 23.8 Å². The van der Waals surface area contributed by atoms with Gasteiger partial charge in [0.1, 0.15) is 0 Å². The van der Waals surface area contributed by atoms with E-state index in [-0.39, 0.29) is 0 Å². The van der Waals surface area contributed by atoms with Crippen molar-refractivity contribution in [3.63, 3.8) is 0 Å². The summed E-state index contributed by atoms with van der Waals surface area (Å²) in [4.78, 5) is 3.68. The quantitative estimate of drug-likeness (QED) is 0.908. The van der Waals surface area contributed by atoms with Gasteiger partial charge in [0.05, 0.1) is 6.04 Å². The van der Waals surface area contributed by atoms with Crippen molar-refractivity contribution in [1.82, 2.24) is 0 Å². The SMILES string of the molecule is Cc1ccc(N(C)C(C)c2cccs2)c(CN)c1. The van der Waals surface area contributed by atoms with Gasteiger partial charge in [0.15, 0.2) is 0 Å². The zero-order chi connectivity index (χ0) is 13.1. The number of aryl methyl sites for hydroxylation is 1. The molecule has 1 aromatic carbocycles. The minimum Gasteiger partial charge on any atom is -0.367 e. The van der Waals surface area contributed by atoms with E-state index in [0.717, 1.165) is 0 Å². The molecule has 0 aliphatic carbocycles. The molecule has 2 nitrogen and oxygen atoms in total. The highest BCUT2D eigenvalue weighted by atomic mass is 32.1. The molecule has 1 unspecified atom stereocenters. The number of hydrogen-bond acceptors (Lipinski definition) is 3. The van der Waals surface area contributed by atoms with Crippen LogP contribution in [-0.2, 0) is 6.54 Å². The summed E-state index contributed by atoms with van der Waals surface area (Å²) >= 11 is 1.80. The lowest BCUT2D eigenvalue weighted by Gasteiger charge is -2.28. The van der Waals surface area contributed by atoms with Gasteiger partial charge >= 0.3 is 0 Å². The van der Waals surface area contributed by atoms with Crippen molar-refractivity contribution in [2.75, 3.05) is 11.9 Å². The molecule has 2 aromatic rings. The van der Waals surface area contributed by atoms with Gasteiger partial charge in [-0.05, 0) is 36.9 Å². The number of anilines is 1. The van der Waals surface area contributed by atoms with Crippen LogP contribution >= 0.6 is 11.3 Å². The second kappa shape index (κ2) is 5.55. The Morgan fingerprint density at radius 3 is 2.72 bits per heavy atom. The fourth-order valence-electron chi connectivity index (χ4n) is 2.15. The molecule has 1 heterocycles. The Kier molecular flexibility index (Phi) is 4.04. The number of nitrogens with two attached hydrogens (primary N) is 1. The summed E-state index contributed by atoms with van der Waals surface area (Å²) in [6, 6.07) is 11.1. The summed E-state index contributed by atoms with van der Waals surface area (Å²) < 4.78 is 0. The summed E-state index contributed by atoms with van der Waals surface area (Å²) in [6.07, 6.45) is 0. The van der Waals surface area contributed by atoms with Crippen LogP contribution in [0.15, 0.2) is 35.7 Å². The summed E-state index contributed by atoms with van der Waals surface area (Å²) in [6.45, 7) is 4.91. The molecular formula is C15H20N2S. The van der Waals surface area contributed by atoms with Crippen LogP contribution < -0.4 is 10.6 Å². The Labute approximate surface area is 113 Å². The van der Waals surface area contributed by atoms with Crippen molar-refractivity contribution in [2.24, 2.45) is 5.73 Å². The summed E-state index contributed by atoms with van der Waals surface area (Å²) in [5.74, 6) is 0. The van der Waals surface area contributed by atoms with Crippen molar-refractivity contribution in [3.05, 3.63) is 51.7 Å². The molecule has 1 aromatic heterocycles. The zero-order valence-corrected chi connectivity index (χ0v) is 12.0. The Bertz CT molecular complexity index is 505. The average Bonchev–Trinajstić information content (AvgIpc) is 2.90. The van der Waals surface area contributed by atoms with Crippen molar-refractivity contribution < 1.29 is 0 Å². The monoisotopic (exact) mass is 260 g/mol. The topological polar surface area (TPSA) is 29.3 Å². The van der Waals surface area contributed by atoms with E-state index in [2.05, 4.69) is 61.5 Å². The van der Waals surface area contributed by atoms with Gasteiger partial charge in [-0.3, -0.25) is 0 Å². The first kappa shape index (κ1) is 13.1. The van der Waals surface area contributed by atoms with Crippen LogP contribution in [0.3, 0.4) is 0 Å². The van der Waals surface area contributed by atoms with Gasteiger partial charge in [0, 0.05) is 24.2 Å². The van der Waals surface area contributed by atoms with E-state index in [9.17, 15) is 0 Å². The smallest absolute Gasteiger partial charge is 0.0603 e. The molecule has 0 fully saturated rings. The molecule has 0 bridgehead atoms. The maximum absolute atomic E-state index is 5.85. The molecule has 18 heavy (non-hydrogen) atoms. The Morgan fingerprint density at radius 2 is 2.11 bits per heavy atom. The van der Waals surface area contributed by atoms with Crippen molar-refractivity contribution in [2.45, 2.75) is 26.4 Å². The summed E-state index contributed by atoms with van der Waals surface area (Å²) in [5, 5.41) is 2.12. The number of benzene rings is 1. The average molecular weight is 260 g/mol. The second-order valence-corrected chi connectivity index (χ2v) is 5.62. The number of thiophene rings is 1. The van der Waals surface area contributed by atoms with E-state index < -0.39 is 0 Å². The molecule has 96 valence electrons. The molecule has 3 heteroatoms. The van der Waals surface area contributed by atoms with Gasteiger partial charge in [0.25, 0.3) is 0 Å². The largest absolute Gasteiger partial charge is 0.367 e. The Balaban J connectivity index is 2.31. The maximum Gasteiger partial charge on any atom is 0.0603 e. The van der Waals surface area contributed by atoms with Crippen LogP contribution in [0, 0.1) is 6.92 Å². The van der Waals surface area contributed by atoms with Gasteiger partial charge in [-0.15, -0.1) is 11.3 Å². The first-order chi connectivity index (χ1) is 8.63. The molecular weight excluding hydrogens is 240 g/mol. The van der Waals surface area contributed by atoms with Crippen LogP contribution in [-0.4, -0.2) is 7.05 Å². The molecule has 0 spiro atoms. The van der Waals surface area contributed by atoms with Crippen LogP contribution in [0.1, 0.15) is 29.0 Å². The number of nitrogens with zero attached hydrogens (tertiary/aromatic N) is 1. The number of rotatable bonds is 4. The first-order valence-electron chi connectivity index (χ1n) is 6.19. The molecule has 0 radical (unpaired) electrons. The van der Waals surface area contributed by atoms with E-state index >= 15 is 0 Å². The molecule has 0 amide bonds. The summed E-state index contributed by atoms with van der Waals surface area (Å²) in [5.41, 5.74) is 9.55. The van der Waals surface area contributed by atoms with Gasteiger partial charge in [-0.2, -0.15) is 0 Å². The number of hydrogen-bond donors (Lipinski definition) is 1. The van der Waals surface area contributed by atoms with Crippen LogP contribution in [0.5, 0.6) is 0 Å². The van der Waals surface area contributed by atoms with E-state index in [1.165, 1.54) is 21.7 Å². The lowest BCUT2D eigenvalue weighted by atomic mass is 10.1. The highest BCUT2D eigenvalue weighted by Crippen LogP contribution is 2.30. The molecule has 0 aliphatic rings.